The number of aromatic nitrogens is 3. The normalized spacial score (nSPS) is 15.5. The number of rotatable bonds is 8. The molecule has 0 bridgehead atoms. The van der Waals surface area contributed by atoms with Crippen molar-refractivity contribution in [1.29, 1.82) is 0 Å². The van der Waals surface area contributed by atoms with Crippen molar-refractivity contribution in [2.75, 3.05) is 27.2 Å². The number of fused-ring (bicyclic) bond motifs is 4. The number of para-hydroxylation sites is 1. The van der Waals surface area contributed by atoms with Crippen LogP contribution in [0.25, 0.3) is 21.8 Å². The standard InChI is InChI=1S/C28H34N6O/c1-33(2)28(35)31-15-5-6-18-34(25-13-7-9-20-10-8-16-30-26(20)25)19-24-27-22(14-17-29-24)21-11-3-4-12-23(21)32-27/h3-4,8,10-12,14,16-17,25,32H,5-7,9,13,15,18-19H2,1-2H3,(H,31,35). The highest BCUT2D eigenvalue weighted by Gasteiger charge is 2.28. The van der Waals surface area contributed by atoms with Crippen LogP contribution in [-0.4, -0.2) is 58.0 Å². The zero-order valence-electron chi connectivity index (χ0n) is 20.6. The first-order chi connectivity index (χ1) is 17.1. The van der Waals surface area contributed by atoms with E-state index in [1.165, 1.54) is 28.5 Å². The summed E-state index contributed by atoms with van der Waals surface area (Å²) in [6, 6.07) is 15.1. The highest BCUT2D eigenvalue weighted by Crippen LogP contribution is 2.35. The third-order valence-corrected chi connectivity index (χ3v) is 7.02. The molecule has 0 saturated heterocycles. The van der Waals surface area contributed by atoms with E-state index in [4.69, 9.17) is 9.97 Å². The van der Waals surface area contributed by atoms with E-state index in [0.29, 0.717) is 6.54 Å². The minimum Gasteiger partial charge on any atom is -0.353 e. The second kappa shape index (κ2) is 10.4. The van der Waals surface area contributed by atoms with Crippen molar-refractivity contribution in [1.82, 2.24) is 30.1 Å². The van der Waals surface area contributed by atoms with Gasteiger partial charge in [-0.05, 0) is 62.4 Å². The Morgan fingerprint density at radius 1 is 1.06 bits per heavy atom. The molecule has 0 aliphatic heterocycles. The van der Waals surface area contributed by atoms with E-state index in [0.717, 1.165) is 55.5 Å². The number of hydrogen-bond acceptors (Lipinski definition) is 4. The quantitative estimate of drug-likeness (QED) is 0.354. The van der Waals surface area contributed by atoms with Gasteiger partial charge in [0.05, 0.1) is 22.9 Å². The summed E-state index contributed by atoms with van der Waals surface area (Å²) in [4.78, 5) is 29.2. The molecule has 0 saturated carbocycles. The minimum absolute atomic E-state index is 0.0399. The summed E-state index contributed by atoms with van der Waals surface area (Å²) in [7, 11) is 3.53. The molecule has 5 rings (SSSR count). The largest absolute Gasteiger partial charge is 0.353 e. The number of H-pyrrole nitrogens is 1. The van der Waals surface area contributed by atoms with Gasteiger partial charge < -0.3 is 15.2 Å². The third-order valence-electron chi connectivity index (χ3n) is 7.02. The lowest BCUT2D eigenvalue weighted by Crippen LogP contribution is -2.36. The Kier molecular flexibility index (Phi) is 6.95. The molecule has 1 aliphatic rings. The van der Waals surface area contributed by atoms with Crippen molar-refractivity contribution < 1.29 is 4.79 Å². The average molecular weight is 471 g/mol. The van der Waals surface area contributed by atoms with Gasteiger partial charge in [-0.1, -0.05) is 24.3 Å². The molecule has 182 valence electrons. The molecule has 1 aliphatic carbocycles. The number of benzene rings is 1. The molecule has 0 spiro atoms. The van der Waals surface area contributed by atoms with Gasteiger partial charge in [0.25, 0.3) is 0 Å². The van der Waals surface area contributed by atoms with Crippen molar-refractivity contribution in [2.24, 2.45) is 0 Å². The number of urea groups is 1. The molecule has 1 atom stereocenters. The summed E-state index contributed by atoms with van der Waals surface area (Å²) >= 11 is 0. The topological polar surface area (TPSA) is 77.2 Å². The summed E-state index contributed by atoms with van der Waals surface area (Å²) < 4.78 is 0. The summed E-state index contributed by atoms with van der Waals surface area (Å²) in [5.74, 6) is 0. The Bertz CT molecular complexity index is 1310. The summed E-state index contributed by atoms with van der Waals surface area (Å²) in [5, 5.41) is 5.44. The van der Waals surface area contributed by atoms with Crippen LogP contribution in [0.2, 0.25) is 0 Å². The molecule has 2 amide bonds. The Morgan fingerprint density at radius 3 is 2.83 bits per heavy atom. The van der Waals surface area contributed by atoms with Crippen LogP contribution in [0.15, 0.2) is 54.9 Å². The van der Waals surface area contributed by atoms with Gasteiger partial charge >= 0.3 is 6.03 Å². The van der Waals surface area contributed by atoms with Gasteiger partial charge in [0.1, 0.15) is 0 Å². The first-order valence-electron chi connectivity index (χ1n) is 12.6. The van der Waals surface area contributed by atoms with Crippen LogP contribution in [0.1, 0.15) is 48.7 Å². The SMILES string of the molecule is CN(C)C(=O)NCCCCN(Cc1nccc2c1[nH]c1ccccc12)C1CCCc2cccnc21. The number of nitrogens with zero attached hydrogens (tertiary/aromatic N) is 4. The Labute approximate surface area is 206 Å². The van der Waals surface area contributed by atoms with E-state index < -0.39 is 0 Å². The summed E-state index contributed by atoms with van der Waals surface area (Å²) in [6.07, 6.45) is 9.15. The maximum Gasteiger partial charge on any atom is 0.316 e. The van der Waals surface area contributed by atoms with Crippen molar-refractivity contribution in [3.8, 4) is 0 Å². The fraction of sp³-hybridized carbons (Fsp3) is 0.393. The van der Waals surface area contributed by atoms with Gasteiger partial charge in [-0.25, -0.2) is 4.79 Å². The lowest BCUT2D eigenvalue weighted by Gasteiger charge is -2.35. The summed E-state index contributed by atoms with van der Waals surface area (Å²) in [5.41, 5.74) is 5.91. The number of carbonyl (C=O) groups is 1. The number of amides is 2. The monoisotopic (exact) mass is 470 g/mol. The molecule has 2 N–H and O–H groups in total. The van der Waals surface area contributed by atoms with Crippen LogP contribution < -0.4 is 5.32 Å². The molecular weight excluding hydrogens is 436 g/mol. The molecule has 1 unspecified atom stereocenters. The smallest absolute Gasteiger partial charge is 0.316 e. The number of hydrogen-bond donors (Lipinski definition) is 2. The van der Waals surface area contributed by atoms with Gasteiger partial charge in [-0.15, -0.1) is 0 Å². The van der Waals surface area contributed by atoms with Gasteiger partial charge in [0, 0.05) is 55.9 Å². The van der Waals surface area contributed by atoms with Crippen LogP contribution in [0, 0.1) is 0 Å². The predicted octanol–water partition coefficient (Wildman–Crippen LogP) is 5.04. The molecule has 35 heavy (non-hydrogen) atoms. The first-order valence-corrected chi connectivity index (χ1v) is 12.6. The van der Waals surface area contributed by atoms with Crippen LogP contribution in [-0.2, 0) is 13.0 Å². The molecular formula is C28H34N6O. The van der Waals surface area contributed by atoms with E-state index in [1.54, 1.807) is 19.0 Å². The molecule has 4 aromatic rings. The molecule has 7 nitrogen and oxygen atoms in total. The fourth-order valence-electron chi connectivity index (χ4n) is 5.22. The highest BCUT2D eigenvalue weighted by atomic mass is 16.2. The third kappa shape index (κ3) is 5.00. The molecule has 0 fully saturated rings. The van der Waals surface area contributed by atoms with Crippen molar-refractivity contribution in [2.45, 2.75) is 44.7 Å². The van der Waals surface area contributed by atoms with Crippen LogP contribution >= 0.6 is 0 Å². The first kappa shape index (κ1) is 23.3. The average Bonchev–Trinajstić information content (AvgIpc) is 3.27. The molecule has 3 aromatic heterocycles. The molecule has 0 radical (unpaired) electrons. The van der Waals surface area contributed by atoms with Crippen LogP contribution in [0.5, 0.6) is 0 Å². The lowest BCUT2D eigenvalue weighted by molar-refractivity contribution is 0.161. The van der Waals surface area contributed by atoms with E-state index in [1.807, 2.05) is 18.5 Å². The van der Waals surface area contributed by atoms with E-state index in [-0.39, 0.29) is 12.1 Å². The van der Waals surface area contributed by atoms with Gasteiger partial charge in [-0.2, -0.15) is 0 Å². The van der Waals surface area contributed by atoms with E-state index in [9.17, 15) is 4.79 Å². The van der Waals surface area contributed by atoms with E-state index >= 15 is 0 Å². The predicted molar refractivity (Wildman–Crippen MR) is 140 cm³/mol. The fourth-order valence-corrected chi connectivity index (χ4v) is 5.22. The van der Waals surface area contributed by atoms with Crippen molar-refractivity contribution >= 4 is 27.8 Å². The Balaban J connectivity index is 1.39. The molecule has 3 heterocycles. The maximum absolute atomic E-state index is 11.8. The number of unbranched alkanes of at least 4 members (excludes halogenated alkanes) is 1. The van der Waals surface area contributed by atoms with Crippen molar-refractivity contribution in [3.63, 3.8) is 0 Å². The second-order valence-electron chi connectivity index (χ2n) is 9.61. The number of pyridine rings is 2. The number of aryl methyl sites for hydroxylation is 1. The number of nitrogens with one attached hydrogen (secondary N) is 2. The molecule has 7 heteroatoms. The Hall–Kier alpha value is -3.45. The lowest BCUT2D eigenvalue weighted by atomic mass is 9.90. The maximum atomic E-state index is 11.8. The number of aromatic amines is 1. The van der Waals surface area contributed by atoms with Crippen molar-refractivity contribution in [3.05, 3.63) is 71.8 Å². The zero-order valence-corrected chi connectivity index (χ0v) is 20.6. The Morgan fingerprint density at radius 2 is 1.94 bits per heavy atom. The minimum atomic E-state index is -0.0399. The highest BCUT2D eigenvalue weighted by molar-refractivity contribution is 6.07. The zero-order chi connectivity index (χ0) is 24.2. The van der Waals surface area contributed by atoms with E-state index in [2.05, 4.69) is 51.6 Å². The van der Waals surface area contributed by atoms with Gasteiger partial charge in [0.2, 0.25) is 0 Å². The summed E-state index contributed by atoms with van der Waals surface area (Å²) in [6.45, 7) is 2.37. The van der Waals surface area contributed by atoms with Crippen LogP contribution in [0.4, 0.5) is 4.79 Å². The van der Waals surface area contributed by atoms with Gasteiger partial charge in [-0.3, -0.25) is 14.9 Å². The number of carbonyl (C=O) groups excluding carboxylic acids is 1. The van der Waals surface area contributed by atoms with Crippen LogP contribution in [0.3, 0.4) is 0 Å². The van der Waals surface area contributed by atoms with Gasteiger partial charge in [0.15, 0.2) is 0 Å². The molecule has 1 aromatic carbocycles. The second-order valence-corrected chi connectivity index (χ2v) is 9.61.